The maximum Gasteiger partial charge on any atom is 0.331 e. The Morgan fingerprint density at radius 1 is 1.19 bits per heavy atom. The van der Waals surface area contributed by atoms with Crippen molar-refractivity contribution >= 4 is 5.97 Å². The standard InChI is InChI=1S/C13H16N4O4/c1-13(2,12(18)19)17-11(14-15-16-17)8-5-9(20-3)7-10(6-8)21-4/h5-7H,1-4H3,(H,18,19). The first-order valence-corrected chi connectivity index (χ1v) is 6.16. The van der Waals surface area contributed by atoms with Crippen LogP contribution in [0.2, 0.25) is 0 Å². The minimum Gasteiger partial charge on any atom is -0.497 e. The number of hydrogen-bond acceptors (Lipinski definition) is 6. The van der Waals surface area contributed by atoms with Gasteiger partial charge in [-0.1, -0.05) is 0 Å². The molecule has 0 atom stereocenters. The number of nitrogens with zero attached hydrogens (tertiary/aromatic N) is 4. The van der Waals surface area contributed by atoms with Gasteiger partial charge in [-0.3, -0.25) is 0 Å². The summed E-state index contributed by atoms with van der Waals surface area (Å²) < 4.78 is 11.6. The van der Waals surface area contributed by atoms with Crippen LogP contribution in [-0.2, 0) is 10.3 Å². The van der Waals surface area contributed by atoms with Crippen molar-refractivity contribution in [1.29, 1.82) is 0 Å². The molecular weight excluding hydrogens is 276 g/mol. The minimum absolute atomic E-state index is 0.319. The van der Waals surface area contributed by atoms with Crippen LogP contribution in [0.15, 0.2) is 18.2 Å². The summed E-state index contributed by atoms with van der Waals surface area (Å²) in [6.07, 6.45) is 0. The molecule has 2 aromatic rings. The van der Waals surface area contributed by atoms with Crippen LogP contribution in [0.5, 0.6) is 11.5 Å². The zero-order chi connectivity index (χ0) is 15.6. The van der Waals surface area contributed by atoms with Gasteiger partial charge in [0.1, 0.15) is 11.5 Å². The normalized spacial score (nSPS) is 11.2. The molecule has 0 aliphatic heterocycles. The Morgan fingerprint density at radius 2 is 1.76 bits per heavy atom. The van der Waals surface area contributed by atoms with Gasteiger partial charge in [-0.2, -0.15) is 0 Å². The number of tetrazole rings is 1. The highest BCUT2D eigenvalue weighted by atomic mass is 16.5. The first-order chi connectivity index (χ1) is 9.90. The van der Waals surface area contributed by atoms with Crippen LogP contribution < -0.4 is 9.47 Å². The molecule has 1 heterocycles. The van der Waals surface area contributed by atoms with E-state index in [1.54, 1.807) is 18.2 Å². The molecule has 0 aliphatic rings. The van der Waals surface area contributed by atoms with Gasteiger partial charge in [0.2, 0.25) is 0 Å². The van der Waals surface area contributed by atoms with Crippen LogP contribution >= 0.6 is 0 Å². The molecule has 8 nitrogen and oxygen atoms in total. The number of hydrogen-bond donors (Lipinski definition) is 1. The maximum absolute atomic E-state index is 11.4. The quantitative estimate of drug-likeness (QED) is 0.883. The number of ether oxygens (including phenoxy) is 2. The highest BCUT2D eigenvalue weighted by Gasteiger charge is 2.34. The summed E-state index contributed by atoms with van der Waals surface area (Å²) in [7, 11) is 3.06. The number of methoxy groups -OCH3 is 2. The van der Waals surface area contributed by atoms with Crippen LogP contribution in [0.25, 0.3) is 11.4 Å². The fourth-order valence-corrected chi connectivity index (χ4v) is 1.77. The van der Waals surface area contributed by atoms with Gasteiger partial charge in [0.15, 0.2) is 11.4 Å². The maximum atomic E-state index is 11.4. The fraction of sp³-hybridized carbons (Fsp3) is 0.385. The number of carbonyl (C=O) groups is 1. The van der Waals surface area contributed by atoms with E-state index in [0.29, 0.717) is 22.9 Å². The molecule has 0 fully saturated rings. The van der Waals surface area contributed by atoms with E-state index < -0.39 is 11.5 Å². The summed E-state index contributed by atoms with van der Waals surface area (Å²) in [5, 5.41) is 20.6. The Kier molecular flexibility index (Phi) is 3.79. The number of carboxylic acids is 1. The van der Waals surface area contributed by atoms with Gasteiger partial charge in [0.05, 0.1) is 14.2 Å². The zero-order valence-electron chi connectivity index (χ0n) is 12.2. The van der Waals surface area contributed by atoms with E-state index in [-0.39, 0.29) is 0 Å². The molecule has 1 N–H and O–H groups in total. The minimum atomic E-state index is -1.28. The lowest BCUT2D eigenvalue weighted by Gasteiger charge is -2.20. The third-order valence-electron chi connectivity index (χ3n) is 3.13. The lowest BCUT2D eigenvalue weighted by Crippen LogP contribution is -2.37. The van der Waals surface area contributed by atoms with Crippen LogP contribution in [0, 0.1) is 0 Å². The van der Waals surface area contributed by atoms with Crippen molar-refractivity contribution < 1.29 is 19.4 Å². The van der Waals surface area contributed by atoms with Crippen molar-refractivity contribution in [2.45, 2.75) is 19.4 Å². The largest absolute Gasteiger partial charge is 0.497 e. The molecule has 112 valence electrons. The lowest BCUT2D eigenvalue weighted by atomic mass is 10.1. The van der Waals surface area contributed by atoms with Crippen molar-refractivity contribution in [2.24, 2.45) is 0 Å². The second kappa shape index (κ2) is 5.39. The summed E-state index contributed by atoms with van der Waals surface area (Å²) in [6.45, 7) is 3.04. The van der Waals surface area contributed by atoms with Gasteiger partial charge in [-0.25, -0.2) is 9.48 Å². The van der Waals surface area contributed by atoms with Crippen LogP contribution in [0.1, 0.15) is 13.8 Å². The summed E-state index contributed by atoms with van der Waals surface area (Å²) in [5.74, 6) is 0.407. The number of aliphatic carboxylic acids is 1. The predicted octanol–water partition coefficient (Wildman–Crippen LogP) is 1.18. The van der Waals surface area contributed by atoms with Gasteiger partial charge >= 0.3 is 5.97 Å². The van der Waals surface area contributed by atoms with Crippen molar-refractivity contribution in [3.05, 3.63) is 18.2 Å². The van der Waals surface area contributed by atoms with Crippen LogP contribution in [0.4, 0.5) is 0 Å². The molecule has 0 spiro atoms. The average Bonchev–Trinajstić information content (AvgIpc) is 2.96. The molecule has 0 unspecified atom stereocenters. The van der Waals surface area contributed by atoms with E-state index in [1.165, 1.54) is 32.7 Å². The van der Waals surface area contributed by atoms with Gasteiger partial charge in [0, 0.05) is 11.6 Å². The fourth-order valence-electron chi connectivity index (χ4n) is 1.77. The molecular formula is C13H16N4O4. The van der Waals surface area contributed by atoms with Gasteiger partial charge in [-0.15, -0.1) is 5.10 Å². The molecule has 0 radical (unpaired) electrons. The highest BCUT2D eigenvalue weighted by molar-refractivity contribution is 5.76. The van der Waals surface area contributed by atoms with Crippen LogP contribution in [0.3, 0.4) is 0 Å². The first kappa shape index (κ1) is 14.8. The average molecular weight is 292 g/mol. The molecule has 0 bridgehead atoms. The second-order valence-electron chi connectivity index (χ2n) is 4.88. The van der Waals surface area contributed by atoms with E-state index in [1.807, 2.05) is 0 Å². The Hall–Kier alpha value is -2.64. The zero-order valence-corrected chi connectivity index (χ0v) is 12.2. The summed E-state index contributed by atoms with van der Waals surface area (Å²) in [5.41, 5.74) is -0.680. The Labute approximate surface area is 121 Å². The van der Waals surface area contributed by atoms with Crippen molar-refractivity contribution in [3.8, 4) is 22.9 Å². The molecule has 0 aliphatic carbocycles. The van der Waals surface area contributed by atoms with Crippen molar-refractivity contribution in [2.75, 3.05) is 14.2 Å². The Morgan fingerprint density at radius 3 is 2.24 bits per heavy atom. The summed E-state index contributed by atoms with van der Waals surface area (Å²) in [4.78, 5) is 11.4. The molecule has 1 aromatic heterocycles. The van der Waals surface area contributed by atoms with Crippen molar-refractivity contribution in [1.82, 2.24) is 20.2 Å². The predicted molar refractivity (Wildman–Crippen MR) is 73.3 cm³/mol. The number of aromatic nitrogens is 4. The van der Waals surface area contributed by atoms with Gasteiger partial charge in [-0.05, 0) is 36.4 Å². The topological polar surface area (TPSA) is 99.4 Å². The van der Waals surface area contributed by atoms with E-state index in [9.17, 15) is 9.90 Å². The second-order valence-corrected chi connectivity index (χ2v) is 4.88. The monoisotopic (exact) mass is 292 g/mol. The molecule has 21 heavy (non-hydrogen) atoms. The van der Waals surface area contributed by atoms with Crippen molar-refractivity contribution in [3.63, 3.8) is 0 Å². The van der Waals surface area contributed by atoms with E-state index in [0.717, 1.165) is 0 Å². The molecule has 0 amide bonds. The SMILES string of the molecule is COc1cc(OC)cc(-c2nnnn2C(C)(C)C(=O)O)c1. The first-order valence-electron chi connectivity index (χ1n) is 6.16. The molecule has 2 rings (SSSR count). The molecule has 1 aromatic carbocycles. The van der Waals surface area contributed by atoms with Gasteiger partial charge < -0.3 is 14.6 Å². The van der Waals surface area contributed by atoms with E-state index >= 15 is 0 Å². The molecule has 0 saturated carbocycles. The molecule has 0 saturated heterocycles. The molecule has 8 heteroatoms. The van der Waals surface area contributed by atoms with Gasteiger partial charge in [0.25, 0.3) is 0 Å². The number of benzene rings is 1. The third-order valence-corrected chi connectivity index (χ3v) is 3.13. The number of carboxylic acid groups (broad SMARTS) is 1. The lowest BCUT2D eigenvalue weighted by molar-refractivity contribution is -0.146. The van der Waals surface area contributed by atoms with E-state index in [4.69, 9.17) is 9.47 Å². The third kappa shape index (κ3) is 2.64. The van der Waals surface area contributed by atoms with Crippen LogP contribution in [-0.4, -0.2) is 45.5 Å². The summed E-state index contributed by atoms with van der Waals surface area (Å²) in [6, 6.07) is 5.13. The van der Waals surface area contributed by atoms with E-state index in [2.05, 4.69) is 15.5 Å². The smallest absolute Gasteiger partial charge is 0.331 e. The Balaban J connectivity index is 2.59. The Bertz CT molecular complexity index is 644. The number of rotatable bonds is 5. The highest BCUT2D eigenvalue weighted by Crippen LogP contribution is 2.30. The summed E-state index contributed by atoms with van der Waals surface area (Å²) >= 11 is 0.